The van der Waals surface area contributed by atoms with Crippen LogP contribution in [0.15, 0.2) is 97.2 Å². The minimum Gasteiger partial charge on any atom is -0.365 e. The summed E-state index contributed by atoms with van der Waals surface area (Å²) < 4.78 is 2.18. The van der Waals surface area contributed by atoms with Crippen molar-refractivity contribution in [3.63, 3.8) is 0 Å². The van der Waals surface area contributed by atoms with Crippen LogP contribution in [-0.4, -0.2) is 9.38 Å². The molecule has 0 fully saturated rings. The third-order valence-corrected chi connectivity index (χ3v) is 6.67. The normalized spacial score (nSPS) is 13.1. The molecule has 0 unspecified atom stereocenters. The molecule has 4 aliphatic rings. The van der Waals surface area contributed by atoms with Gasteiger partial charge in [0.1, 0.15) is 17.2 Å². The number of aryl methyl sites for hydroxylation is 4. The molecule has 9 rings (SSSR count). The first kappa shape index (κ1) is 19.8. The highest BCUT2D eigenvalue weighted by molar-refractivity contribution is 5.79. The summed E-state index contributed by atoms with van der Waals surface area (Å²) in [5, 5.41) is 3.70. The van der Waals surface area contributed by atoms with Crippen molar-refractivity contribution in [1.29, 1.82) is 0 Å². The van der Waals surface area contributed by atoms with Crippen molar-refractivity contribution in [3.05, 3.63) is 125 Å². The molecule has 33 heavy (non-hydrogen) atoms. The average Bonchev–Trinajstić information content (AvgIpc) is 3.23. The van der Waals surface area contributed by atoms with Crippen LogP contribution < -0.4 is 5.32 Å². The van der Waals surface area contributed by atoms with E-state index in [2.05, 4.69) is 107 Å². The molecule has 0 radical (unpaired) electrons. The summed E-state index contributed by atoms with van der Waals surface area (Å²) in [5.74, 6) is 1.06. The highest BCUT2D eigenvalue weighted by Gasteiger charge is 2.18. The van der Waals surface area contributed by atoms with E-state index in [9.17, 15) is 0 Å². The molecule has 1 N–H and O–H groups in total. The Kier molecular flexibility index (Phi) is 5.16. The van der Waals surface area contributed by atoms with Crippen LogP contribution in [0.5, 0.6) is 0 Å². The maximum atomic E-state index is 5.11. The monoisotopic (exact) mass is 429 g/mol. The SMILES string of the molecule is c1ccc(CNc2c(-c3cc4ccc3CCc3ccc(cc3)CC4)nc3ccccn23)cc1. The Morgan fingerprint density at radius 1 is 0.697 bits per heavy atom. The maximum absolute atomic E-state index is 5.11. The fraction of sp³-hybridized carbons (Fsp3) is 0.167. The van der Waals surface area contributed by atoms with Gasteiger partial charge in [-0.15, -0.1) is 0 Å². The van der Waals surface area contributed by atoms with Gasteiger partial charge >= 0.3 is 0 Å². The van der Waals surface area contributed by atoms with Gasteiger partial charge in [0.15, 0.2) is 0 Å². The van der Waals surface area contributed by atoms with Gasteiger partial charge in [0.2, 0.25) is 0 Å². The molecule has 0 amide bonds. The summed E-state index contributed by atoms with van der Waals surface area (Å²) >= 11 is 0. The molecule has 162 valence electrons. The second kappa shape index (κ2) is 8.59. The van der Waals surface area contributed by atoms with E-state index in [0.29, 0.717) is 0 Å². The lowest BCUT2D eigenvalue weighted by molar-refractivity contribution is 0.922. The summed E-state index contributed by atoms with van der Waals surface area (Å²) in [6.07, 6.45) is 6.23. The molecule has 5 aromatic rings. The molecular weight excluding hydrogens is 402 g/mol. The summed E-state index contributed by atoms with van der Waals surface area (Å²) in [6.45, 7) is 0.761. The van der Waals surface area contributed by atoms with Gasteiger partial charge in [0.05, 0.1) is 0 Å². The molecule has 0 spiro atoms. The number of nitrogens with zero attached hydrogens (tertiary/aromatic N) is 2. The number of anilines is 1. The zero-order chi connectivity index (χ0) is 22.0. The lowest BCUT2D eigenvalue weighted by atomic mass is 9.92. The third kappa shape index (κ3) is 4.03. The highest BCUT2D eigenvalue weighted by Crippen LogP contribution is 2.34. The predicted octanol–water partition coefficient (Wildman–Crippen LogP) is 6.50. The van der Waals surface area contributed by atoms with Crippen molar-refractivity contribution in [1.82, 2.24) is 9.38 Å². The summed E-state index contributed by atoms with van der Waals surface area (Å²) in [6, 6.07) is 32.9. The third-order valence-electron chi connectivity index (χ3n) is 6.67. The quantitative estimate of drug-likeness (QED) is 0.353. The lowest BCUT2D eigenvalue weighted by Crippen LogP contribution is -2.05. The average molecular weight is 430 g/mol. The van der Waals surface area contributed by atoms with E-state index < -0.39 is 0 Å². The molecular formula is C30H27N3. The number of hydrogen-bond acceptors (Lipinski definition) is 2. The second-order valence-corrected chi connectivity index (χ2v) is 8.89. The van der Waals surface area contributed by atoms with Crippen LogP contribution in [0.2, 0.25) is 0 Å². The van der Waals surface area contributed by atoms with Crippen molar-refractivity contribution in [3.8, 4) is 11.3 Å². The van der Waals surface area contributed by atoms with E-state index in [1.807, 2.05) is 0 Å². The molecule has 4 bridgehead atoms. The molecule has 0 atom stereocenters. The Labute approximate surface area is 194 Å². The van der Waals surface area contributed by atoms with E-state index in [0.717, 1.165) is 49.4 Å². The predicted molar refractivity (Wildman–Crippen MR) is 136 cm³/mol. The number of benzene rings is 3. The van der Waals surface area contributed by atoms with Gasteiger partial charge in [-0.3, -0.25) is 4.40 Å². The zero-order valence-corrected chi connectivity index (χ0v) is 18.7. The molecule has 2 aromatic heterocycles. The van der Waals surface area contributed by atoms with Crippen LogP contribution >= 0.6 is 0 Å². The van der Waals surface area contributed by atoms with Gasteiger partial charge in [-0.1, -0.05) is 72.8 Å². The van der Waals surface area contributed by atoms with Crippen molar-refractivity contribution in [2.45, 2.75) is 32.2 Å². The smallest absolute Gasteiger partial charge is 0.139 e. The van der Waals surface area contributed by atoms with Crippen LogP contribution in [0.25, 0.3) is 16.9 Å². The van der Waals surface area contributed by atoms with Crippen LogP contribution in [-0.2, 0) is 32.2 Å². The molecule has 3 aromatic carbocycles. The Morgan fingerprint density at radius 2 is 1.39 bits per heavy atom. The fourth-order valence-electron chi connectivity index (χ4n) is 4.79. The summed E-state index contributed by atoms with van der Waals surface area (Å²) in [5.41, 5.74) is 10.0. The maximum Gasteiger partial charge on any atom is 0.139 e. The Balaban J connectivity index is 1.45. The summed E-state index contributed by atoms with van der Waals surface area (Å²) in [4.78, 5) is 5.11. The Morgan fingerprint density at radius 3 is 2.21 bits per heavy atom. The molecule has 2 heterocycles. The number of rotatable bonds is 4. The molecule has 0 aliphatic heterocycles. The zero-order valence-electron chi connectivity index (χ0n) is 18.7. The van der Waals surface area contributed by atoms with Crippen molar-refractivity contribution in [2.75, 3.05) is 5.32 Å². The Bertz CT molecular complexity index is 1400. The number of nitrogens with one attached hydrogen (secondary N) is 1. The first-order valence-corrected chi connectivity index (χ1v) is 11.8. The van der Waals surface area contributed by atoms with Gasteiger partial charge < -0.3 is 5.32 Å². The van der Waals surface area contributed by atoms with Gasteiger partial charge in [-0.2, -0.15) is 0 Å². The van der Waals surface area contributed by atoms with Gasteiger partial charge in [-0.05, 0) is 71.7 Å². The van der Waals surface area contributed by atoms with Gasteiger partial charge in [0, 0.05) is 18.3 Å². The second-order valence-electron chi connectivity index (χ2n) is 8.89. The Hall–Kier alpha value is -3.85. The first-order valence-electron chi connectivity index (χ1n) is 11.8. The minimum atomic E-state index is 0.761. The first-order chi connectivity index (χ1) is 16.3. The van der Waals surface area contributed by atoms with Gasteiger partial charge in [0.25, 0.3) is 0 Å². The molecule has 0 saturated carbocycles. The van der Waals surface area contributed by atoms with E-state index >= 15 is 0 Å². The summed E-state index contributed by atoms with van der Waals surface area (Å²) in [7, 11) is 0. The van der Waals surface area contributed by atoms with Crippen LogP contribution in [0, 0.1) is 0 Å². The van der Waals surface area contributed by atoms with Crippen molar-refractivity contribution < 1.29 is 0 Å². The highest BCUT2D eigenvalue weighted by atomic mass is 15.1. The molecule has 3 heteroatoms. The number of imidazole rings is 1. The van der Waals surface area contributed by atoms with Crippen LogP contribution in [0.1, 0.15) is 27.8 Å². The number of pyridine rings is 1. The fourth-order valence-corrected chi connectivity index (χ4v) is 4.79. The number of aromatic nitrogens is 2. The van der Waals surface area contributed by atoms with Crippen LogP contribution in [0.4, 0.5) is 5.82 Å². The molecule has 4 aliphatic carbocycles. The van der Waals surface area contributed by atoms with Gasteiger partial charge in [-0.25, -0.2) is 4.98 Å². The lowest BCUT2D eigenvalue weighted by Gasteiger charge is -2.15. The number of fused-ring (bicyclic) bond motifs is 1. The number of hydrogen-bond donors (Lipinski definition) is 1. The standard InChI is InChI=1S/C30H27N3/c1-2-6-25(7-3-1)21-31-30-29(32-28-8-4-5-19-33(28)30)27-20-24-14-13-22-9-11-23(12-10-22)15-17-26(27)18-16-24/h1-12,16,18-20,31H,13-15,17,21H2. The van der Waals surface area contributed by atoms with Crippen molar-refractivity contribution in [2.24, 2.45) is 0 Å². The van der Waals surface area contributed by atoms with E-state index in [-0.39, 0.29) is 0 Å². The van der Waals surface area contributed by atoms with E-state index in [1.165, 1.54) is 33.4 Å². The van der Waals surface area contributed by atoms with E-state index in [1.54, 1.807) is 0 Å². The molecule has 0 saturated heterocycles. The van der Waals surface area contributed by atoms with E-state index in [4.69, 9.17) is 4.98 Å². The topological polar surface area (TPSA) is 29.3 Å². The van der Waals surface area contributed by atoms with Crippen molar-refractivity contribution >= 4 is 11.5 Å². The van der Waals surface area contributed by atoms with Crippen LogP contribution in [0.3, 0.4) is 0 Å². The largest absolute Gasteiger partial charge is 0.365 e. The minimum absolute atomic E-state index is 0.761. The molecule has 3 nitrogen and oxygen atoms in total.